The molecule has 0 amide bonds. The first-order valence-corrected chi connectivity index (χ1v) is 10.2. The third-order valence-electron chi connectivity index (χ3n) is 4.54. The standard InChI is InChI=1S/C23H18ClN5O4/c24-19-6-10-22(11-7-19)33-21-8-4-18(5-9-21)23(13-28-16-25-15-26-28)27-32-14-17-2-1-3-20(12-17)29(30)31/h1-12,15-16H,13-14H2/b27-23-. The third kappa shape index (κ3) is 6.14. The quantitative estimate of drug-likeness (QED) is 0.190. The number of non-ortho nitro benzene ring substituents is 1. The van der Waals surface area contributed by atoms with E-state index in [9.17, 15) is 10.1 Å². The van der Waals surface area contributed by atoms with Crippen LogP contribution >= 0.6 is 11.6 Å². The molecule has 0 aliphatic heterocycles. The van der Waals surface area contributed by atoms with E-state index < -0.39 is 4.92 Å². The second kappa shape index (κ2) is 10.4. The summed E-state index contributed by atoms with van der Waals surface area (Å²) in [6, 6.07) is 20.7. The number of ether oxygens (including phenoxy) is 1. The molecule has 0 radical (unpaired) electrons. The van der Waals surface area contributed by atoms with Crippen molar-refractivity contribution in [2.45, 2.75) is 13.2 Å². The molecule has 33 heavy (non-hydrogen) atoms. The maximum absolute atomic E-state index is 11.0. The second-order valence-electron chi connectivity index (χ2n) is 6.91. The number of nitrogens with zero attached hydrogens (tertiary/aromatic N) is 5. The highest BCUT2D eigenvalue weighted by Gasteiger charge is 2.09. The molecule has 4 rings (SSSR count). The largest absolute Gasteiger partial charge is 0.457 e. The van der Waals surface area contributed by atoms with Gasteiger partial charge in [0.05, 0.1) is 11.5 Å². The van der Waals surface area contributed by atoms with Gasteiger partial charge < -0.3 is 9.57 Å². The van der Waals surface area contributed by atoms with Crippen LogP contribution in [0.2, 0.25) is 5.02 Å². The summed E-state index contributed by atoms with van der Waals surface area (Å²) in [5.41, 5.74) is 2.04. The Labute approximate surface area is 194 Å². The van der Waals surface area contributed by atoms with Crippen molar-refractivity contribution >= 4 is 23.0 Å². The third-order valence-corrected chi connectivity index (χ3v) is 4.79. The van der Waals surface area contributed by atoms with Gasteiger partial charge in [-0.25, -0.2) is 9.67 Å². The normalized spacial score (nSPS) is 11.2. The molecule has 0 aliphatic carbocycles. The molecule has 9 nitrogen and oxygen atoms in total. The zero-order valence-corrected chi connectivity index (χ0v) is 18.0. The lowest BCUT2D eigenvalue weighted by Gasteiger charge is -2.10. The van der Waals surface area contributed by atoms with Gasteiger partial charge in [-0.2, -0.15) is 5.10 Å². The molecule has 1 aromatic heterocycles. The van der Waals surface area contributed by atoms with Crippen LogP contribution in [0.3, 0.4) is 0 Å². The van der Waals surface area contributed by atoms with Gasteiger partial charge in [-0.3, -0.25) is 10.1 Å². The first kappa shape index (κ1) is 22.0. The van der Waals surface area contributed by atoms with Crippen molar-refractivity contribution in [2.75, 3.05) is 0 Å². The molecule has 4 aromatic rings. The predicted molar refractivity (Wildman–Crippen MR) is 122 cm³/mol. The number of benzene rings is 3. The summed E-state index contributed by atoms with van der Waals surface area (Å²) in [6.45, 7) is 0.409. The fraction of sp³-hybridized carbons (Fsp3) is 0.0870. The predicted octanol–water partition coefficient (Wildman–Crippen LogP) is 5.25. The van der Waals surface area contributed by atoms with Crippen molar-refractivity contribution in [3.63, 3.8) is 0 Å². The van der Waals surface area contributed by atoms with E-state index in [4.69, 9.17) is 21.2 Å². The van der Waals surface area contributed by atoms with E-state index in [1.54, 1.807) is 47.4 Å². The fourth-order valence-electron chi connectivity index (χ4n) is 2.94. The van der Waals surface area contributed by atoms with Gasteiger partial charge in [-0.15, -0.1) is 0 Å². The average molecular weight is 464 g/mol. The van der Waals surface area contributed by atoms with E-state index in [0.29, 0.717) is 34.3 Å². The van der Waals surface area contributed by atoms with Crippen molar-refractivity contribution in [1.29, 1.82) is 0 Å². The maximum atomic E-state index is 11.0. The molecular formula is C23H18ClN5O4. The maximum Gasteiger partial charge on any atom is 0.269 e. The van der Waals surface area contributed by atoms with Crippen LogP contribution in [0, 0.1) is 10.1 Å². The summed E-state index contributed by atoms with van der Waals surface area (Å²) < 4.78 is 7.45. The smallest absolute Gasteiger partial charge is 0.269 e. The molecular weight excluding hydrogens is 446 g/mol. The number of halogens is 1. The fourth-order valence-corrected chi connectivity index (χ4v) is 3.07. The van der Waals surface area contributed by atoms with Gasteiger partial charge in [0.2, 0.25) is 0 Å². The molecule has 166 valence electrons. The minimum atomic E-state index is -0.448. The molecule has 3 aromatic carbocycles. The molecule has 0 spiro atoms. The number of hydrogen-bond acceptors (Lipinski definition) is 7. The SMILES string of the molecule is O=[N+]([O-])c1cccc(CO/N=C(/Cn2cncn2)c2ccc(Oc3ccc(Cl)cc3)cc2)c1. The van der Waals surface area contributed by atoms with Crippen molar-refractivity contribution in [2.24, 2.45) is 5.16 Å². The van der Waals surface area contributed by atoms with Crippen molar-refractivity contribution in [1.82, 2.24) is 14.8 Å². The lowest BCUT2D eigenvalue weighted by molar-refractivity contribution is -0.384. The molecule has 0 atom stereocenters. The average Bonchev–Trinajstić information content (AvgIpc) is 3.34. The minimum absolute atomic E-state index is 0.000746. The van der Waals surface area contributed by atoms with Crippen LogP contribution in [0.15, 0.2) is 90.6 Å². The van der Waals surface area contributed by atoms with Crippen molar-refractivity contribution in [3.8, 4) is 11.5 Å². The van der Waals surface area contributed by atoms with Gasteiger partial charge in [-0.1, -0.05) is 28.9 Å². The number of nitro benzene ring substituents is 1. The number of rotatable bonds is 9. The summed E-state index contributed by atoms with van der Waals surface area (Å²) in [5.74, 6) is 1.32. The van der Waals surface area contributed by atoms with E-state index in [2.05, 4.69) is 15.2 Å². The zero-order valence-electron chi connectivity index (χ0n) is 17.2. The minimum Gasteiger partial charge on any atom is -0.457 e. The van der Waals surface area contributed by atoms with Crippen LogP contribution in [-0.4, -0.2) is 25.4 Å². The van der Waals surface area contributed by atoms with Gasteiger partial charge in [0, 0.05) is 22.7 Å². The van der Waals surface area contributed by atoms with Crippen LogP contribution in [0.5, 0.6) is 11.5 Å². The zero-order chi connectivity index (χ0) is 23.0. The highest BCUT2D eigenvalue weighted by molar-refractivity contribution is 6.30. The molecule has 0 bridgehead atoms. The Kier molecular flexibility index (Phi) is 6.91. The summed E-state index contributed by atoms with van der Waals surface area (Å²) in [5, 5.41) is 20.0. The topological polar surface area (TPSA) is 105 Å². The summed E-state index contributed by atoms with van der Waals surface area (Å²) in [4.78, 5) is 20.0. The van der Waals surface area contributed by atoms with Gasteiger partial charge >= 0.3 is 0 Å². The Morgan fingerprint density at radius 3 is 2.45 bits per heavy atom. The van der Waals surface area contributed by atoms with E-state index in [1.165, 1.54) is 18.5 Å². The Bertz CT molecular complexity index is 1240. The van der Waals surface area contributed by atoms with Gasteiger partial charge in [0.25, 0.3) is 5.69 Å². The number of aromatic nitrogens is 3. The van der Waals surface area contributed by atoms with Crippen LogP contribution in [0.1, 0.15) is 11.1 Å². The van der Waals surface area contributed by atoms with Gasteiger partial charge in [0.1, 0.15) is 36.5 Å². The van der Waals surface area contributed by atoms with E-state index in [0.717, 1.165) is 5.56 Å². The first-order valence-electron chi connectivity index (χ1n) is 9.85. The van der Waals surface area contributed by atoms with E-state index in [-0.39, 0.29) is 12.3 Å². The van der Waals surface area contributed by atoms with E-state index >= 15 is 0 Å². The van der Waals surface area contributed by atoms with Crippen LogP contribution in [0.4, 0.5) is 5.69 Å². The monoisotopic (exact) mass is 463 g/mol. The number of oxime groups is 1. The van der Waals surface area contributed by atoms with Crippen LogP contribution < -0.4 is 4.74 Å². The molecule has 0 unspecified atom stereocenters. The Balaban J connectivity index is 1.49. The van der Waals surface area contributed by atoms with Gasteiger partial charge in [-0.05, 0) is 54.1 Å². The Morgan fingerprint density at radius 2 is 1.79 bits per heavy atom. The van der Waals surface area contributed by atoms with E-state index in [1.807, 2.05) is 24.3 Å². The summed E-state index contributed by atoms with van der Waals surface area (Å²) in [6.07, 6.45) is 3.01. The summed E-state index contributed by atoms with van der Waals surface area (Å²) in [7, 11) is 0. The summed E-state index contributed by atoms with van der Waals surface area (Å²) >= 11 is 5.91. The van der Waals surface area contributed by atoms with Crippen molar-refractivity contribution < 1.29 is 14.5 Å². The second-order valence-corrected chi connectivity index (χ2v) is 7.35. The molecule has 10 heteroatoms. The number of hydrogen-bond donors (Lipinski definition) is 0. The van der Waals surface area contributed by atoms with Gasteiger partial charge in [0.15, 0.2) is 0 Å². The lowest BCUT2D eigenvalue weighted by Crippen LogP contribution is -2.13. The molecule has 0 saturated heterocycles. The van der Waals surface area contributed by atoms with Crippen LogP contribution in [-0.2, 0) is 18.0 Å². The van der Waals surface area contributed by atoms with Crippen molar-refractivity contribution in [3.05, 3.63) is 112 Å². The molecule has 0 N–H and O–H groups in total. The highest BCUT2D eigenvalue weighted by Crippen LogP contribution is 2.23. The Morgan fingerprint density at radius 1 is 1.06 bits per heavy atom. The molecule has 1 heterocycles. The lowest BCUT2D eigenvalue weighted by atomic mass is 10.1. The molecule has 0 aliphatic rings. The highest BCUT2D eigenvalue weighted by atomic mass is 35.5. The first-order chi connectivity index (χ1) is 16.1. The van der Waals surface area contributed by atoms with Crippen LogP contribution in [0.25, 0.3) is 0 Å². The molecule has 0 fully saturated rings. The number of nitro groups is 1. The Hall–Kier alpha value is -4.24. The molecule has 0 saturated carbocycles.